The van der Waals surface area contributed by atoms with Crippen molar-refractivity contribution >= 4 is 29.2 Å². The summed E-state index contributed by atoms with van der Waals surface area (Å²) in [7, 11) is 1.42. The number of nitrogens with zero attached hydrogens (tertiary/aromatic N) is 5. The van der Waals surface area contributed by atoms with Crippen molar-refractivity contribution in [2.24, 2.45) is 0 Å². The molecule has 0 unspecified atom stereocenters. The summed E-state index contributed by atoms with van der Waals surface area (Å²) in [6, 6.07) is 14.1. The van der Waals surface area contributed by atoms with Gasteiger partial charge in [0, 0.05) is 43.1 Å². The van der Waals surface area contributed by atoms with Gasteiger partial charge in [-0.15, -0.1) is 0 Å². The van der Waals surface area contributed by atoms with E-state index in [1.165, 1.54) is 7.05 Å². The minimum absolute atomic E-state index is 0.348. The second kappa shape index (κ2) is 11.3. The number of benzene rings is 2. The van der Waals surface area contributed by atoms with Gasteiger partial charge in [0.05, 0.1) is 30.2 Å². The molecular formula is C28H30N6O4. The standard InChI is InChI=1S/C28H30N6O4/c1-28(2,3)38-26(36)22-17-21(9-10-24(22)34-13-15-37-16-14-34)31-27-30-12-11-23(32-27)19-5-7-20(8-6-19)25(35)33(4)18-29/h5-12,17H,13-16H2,1-4H3,(H,30,31,32). The minimum Gasteiger partial charge on any atom is -0.456 e. The molecule has 4 rings (SSSR count). The maximum absolute atomic E-state index is 13.1. The maximum atomic E-state index is 13.1. The molecule has 196 valence electrons. The van der Waals surface area contributed by atoms with Gasteiger partial charge in [0.15, 0.2) is 6.19 Å². The van der Waals surface area contributed by atoms with Gasteiger partial charge in [-0.3, -0.25) is 4.79 Å². The van der Waals surface area contributed by atoms with Gasteiger partial charge in [0.25, 0.3) is 5.91 Å². The molecule has 1 fully saturated rings. The molecule has 1 aromatic heterocycles. The van der Waals surface area contributed by atoms with Crippen LogP contribution in [-0.4, -0.2) is 65.7 Å². The molecule has 1 aliphatic rings. The number of nitrogens with one attached hydrogen (secondary N) is 1. The Morgan fingerprint density at radius 3 is 2.47 bits per heavy atom. The molecule has 0 aliphatic carbocycles. The molecule has 1 amide bonds. The van der Waals surface area contributed by atoms with Crippen molar-refractivity contribution in [1.82, 2.24) is 14.9 Å². The fourth-order valence-corrected chi connectivity index (χ4v) is 3.92. The molecule has 3 aromatic rings. The Hall–Kier alpha value is -4.49. The number of aromatic nitrogens is 2. The van der Waals surface area contributed by atoms with Crippen molar-refractivity contribution in [3.05, 3.63) is 65.9 Å². The molecule has 38 heavy (non-hydrogen) atoms. The maximum Gasteiger partial charge on any atom is 0.340 e. The van der Waals surface area contributed by atoms with E-state index >= 15 is 0 Å². The molecule has 0 radical (unpaired) electrons. The van der Waals surface area contributed by atoms with Gasteiger partial charge in [-0.05, 0) is 57.2 Å². The minimum atomic E-state index is -0.635. The van der Waals surface area contributed by atoms with Crippen LogP contribution in [0.1, 0.15) is 41.5 Å². The molecule has 2 heterocycles. The van der Waals surface area contributed by atoms with Gasteiger partial charge in [-0.2, -0.15) is 5.26 Å². The quantitative estimate of drug-likeness (QED) is 0.293. The first-order valence-electron chi connectivity index (χ1n) is 12.2. The lowest BCUT2D eigenvalue weighted by atomic mass is 10.1. The van der Waals surface area contributed by atoms with E-state index in [0.29, 0.717) is 54.8 Å². The zero-order valence-corrected chi connectivity index (χ0v) is 21.9. The van der Waals surface area contributed by atoms with Gasteiger partial charge < -0.3 is 19.7 Å². The van der Waals surface area contributed by atoms with Crippen LogP contribution >= 0.6 is 0 Å². The average Bonchev–Trinajstić information content (AvgIpc) is 2.92. The summed E-state index contributed by atoms with van der Waals surface area (Å²) in [6.07, 6.45) is 3.43. The van der Waals surface area contributed by atoms with Crippen LogP contribution in [0.25, 0.3) is 11.3 Å². The van der Waals surface area contributed by atoms with E-state index in [1.54, 1.807) is 48.8 Å². The summed E-state index contributed by atoms with van der Waals surface area (Å²) in [5.74, 6) is -0.444. The van der Waals surface area contributed by atoms with Crippen LogP contribution < -0.4 is 10.2 Å². The fourth-order valence-electron chi connectivity index (χ4n) is 3.92. The number of nitriles is 1. The highest BCUT2D eigenvalue weighted by Gasteiger charge is 2.24. The molecule has 1 N–H and O–H groups in total. The van der Waals surface area contributed by atoms with Crippen LogP contribution in [0.5, 0.6) is 0 Å². The van der Waals surface area contributed by atoms with E-state index < -0.39 is 11.6 Å². The lowest BCUT2D eigenvalue weighted by Crippen LogP contribution is -2.37. The molecule has 0 atom stereocenters. The summed E-state index contributed by atoms with van der Waals surface area (Å²) >= 11 is 0. The van der Waals surface area contributed by atoms with Crippen molar-refractivity contribution in [3.8, 4) is 17.5 Å². The summed E-state index contributed by atoms with van der Waals surface area (Å²) in [5, 5.41) is 12.1. The third-order valence-electron chi connectivity index (χ3n) is 5.76. The van der Waals surface area contributed by atoms with E-state index in [1.807, 2.05) is 32.9 Å². The molecule has 10 heteroatoms. The molecule has 10 nitrogen and oxygen atoms in total. The monoisotopic (exact) mass is 514 g/mol. The molecule has 0 spiro atoms. The van der Waals surface area contributed by atoms with E-state index in [0.717, 1.165) is 16.2 Å². The second-order valence-electron chi connectivity index (χ2n) is 9.77. The summed E-state index contributed by atoms with van der Waals surface area (Å²) in [4.78, 5) is 37.3. The van der Waals surface area contributed by atoms with Gasteiger partial charge in [0.1, 0.15) is 5.60 Å². The first-order valence-corrected chi connectivity index (χ1v) is 12.2. The lowest BCUT2D eigenvalue weighted by molar-refractivity contribution is 0.00697. The number of carbonyl (C=O) groups is 2. The Labute approximate surface area is 221 Å². The van der Waals surface area contributed by atoms with Gasteiger partial charge in [0.2, 0.25) is 5.95 Å². The van der Waals surface area contributed by atoms with Crippen LogP contribution in [0.15, 0.2) is 54.7 Å². The summed E-state index contributed by atoms with van der Waals surface area (Å²) < 4.78 is 11.2. The van der Waals surface area contributed by atoms with Crippen molar-refractivity contribution in [2.45, 2.75) is 26.4 Å². The number of hydrogen-bond acceptors (Lipinski definition) is 9. The number of anilines is 3. The zero-order valence-electron chi connectivity index (χ0n) is 21.9. The van der Waals surface area contributed by atoms with Gasteiger partial charge in [-0.1, -0.05) is 12.1 Å². The Morgan fingerprint density at radius 2 is 1.82 bits per heavy atom. The summed E-state index contributed by atoms with van der Waals surface area (Å²) in [5.41, 5.74) is 3.08. The second-order valence-corrected chi connectivity index (χ2v) is 9.77. The van der Waals surface area contributed by atoms with Crippen LogP contribution in [-0.2, 0) is 9.47 Å². The van der Waals surface area contributed by atoms with E-state index in [2.05, 4.69) is 20.2 Å². The highest BCUT2D eigenvalue weighted by Crippen LogP contribution is 2.29. The fraction of sp³-hybridized carbons (Fsp3) is 0.321. The molecule has 0 bridgehead atoms. The Kier molecular flexibility index (Phi) is 7.88. The van der Waals surface area contributed by atoms with Crippen molar-refractivity contribution in [2.75, 3.05) is 43.6 Å². The van der Waals surface area contributed by atoms with Crippen LogP contribution in [0.3, 0.4) is 0 Å². The van der Waals surface area contributed by atoms with Crippen LogP contribution in [0.4, 0.5) is 17.3 Å². The summed E-state index contributed by atoms with van der Waals surface area (Å²) in [6.45, 7) is 8.08. The van der Waals surface area contributed by atoms with Gasteiger partial charge >= 0.3 is 5.97 Å². The predicted octanol–water partition coefficient (Wildman–Crippen LogP) is 4.23. The number of rotatable bonds is 6. The number of carbonyl (C=O) groups excluding carboxylic acids is 2. The molecule has 1 saturated heterocycles. The van der Waals surface area contributed by atoms with Crippen LogP contribution in [0, 0.1) is 11.5 Å². The first-order chi connectivity index (χ1) is 18.1. The largest absolute Gasteiger partial charge is 0.456 e. The average molecular weight is 515 g/mol. The topological polar surface area (TPSA) is 121 Å². The van der Waals surface area contributed by atoms with Crippen molar-refractivity contribution in [3.63, 3.8) is 0 Å². The van der Waals surface area contributed by atoms with E-state index in [9.17, 15) is 9.59 Å². The Morgan fingerprint density at radius 1 is 1.11 bits per heavy atom. The zero-order chi connectivity index (χ0) is 27.3. The molecule has 2 aromatic carbocycles. The highest BCUT2D eigenvalue weighted by molar-refractivity contribution is 5.97. The molecule has 1 aliphatic heterocycles. The predicted molar refractivity (Wildman–Crippen MR) is 143 cm³/mol. The number of esters is 1. The highest BCUT2D eigenvalue weighted by atomic mass is 16.6. The number of morpholine rings is 1. The SMILES string of the molecule is CN(C#N)C(=O)c1ccc(-c2ccnc(Nc3ccc(N4CCOCC4)c(C(=O)OC(C)(C)C)c3)n2)cc1. The lowest BCUT2D eigenvalue weighted by Gasteiger charge is -2.31. The van der Waals surface area contributed by atoms with Crippen LogP contribution in [0.2, 0.25) is 0 Å². The third-order valence-corrected chi connectivity index (χ3v) is 5.76. The van der Waals surface area contributed by atoms with Gasteiger partial charge in [-0.25, -0.2) is 19.7 Å². The van der Waals surface area contributed by atoms with E-state index in [-0.39, 0.29) is 5.91 Å². The third kappa shape index (κ3) is 6.44. The number of ether oxygens (including phenoxy) is 2. The van der Waals surface area contributed by atoms with E-state index in [4.69, 9.17) is 14.7 Å². The first kappa shape index (κ1) is 26.6. The smallest absolute Gasteiger partial charge is 0.340 e. The number of hydrogen-bond donors (Lipinski definition) is 1. The number of amides is 1. The van der Waals surface area contributed by atoms with Crippen molar-refractivity contribution in [1.29, 1.82) is 5.26 Å². The molecule has 0 saturated carbocycles. The molecular weight excluding hydrogens is 484 g/mol. The Balaban J connectivity index is 1.58. The normalized spacial score (nSPS) is 13.4. The Bertz CT molecular complexity index is 1350. The van der Waals surface area contributed by atoms with Crippen molar-refractivity contribution < 1.29 is 19.1 Å².